The number of nitrogens with two attached hydrogens (primary N) is 1. The molecule has 0 aliphatic carbocycles. The second-order valence-electron chi connectivity index (χ2n) is 3.60. The fourth-order valence-corrected chi connectivity index (χ4v) is 1.45. The minimum Gasteiger partial charge on any atom is -0.375 e. The number of hydrogen-bond acceptors (Lipinski definition) is 6. The standard InChI is InChI=1S/C9H9N5O5S/c1-4-6(8(15)11-12-9(10)20)2-5(13(16)17)3-7(4)14(18)19/h2-3H,1H3,(H,11,15)(H3,10,12,20). The molecule has 1 amide bonds. The number of benzene rings is 1. The highest BCUT2D eigenvalue weighted by molar-refractivity contribution is 7.80. The molecule has 106 valence electrons. The molecule has 0 saturated carbocycles. The Morgan fingerprint density at radius 2 is 1.85 bits per heavy atom. The van der Waals surface area contributed by atoms with E-state index in [-0.39, 0.29) is 16.2 Å². The Morgan fingerprint density at radius 1 is 1.25 bits per heavy atom. The molecule has 0 radical (unpaired) electrons. The smallest absolute Gasteiger partial charge is 0.279 e. The Morgan fingerprint density at radius 3 is 2.30 bits per heavy atom. The van der Waals surface area contributed by atoms with Crippen molar-refractivity contribution in [3.63, 3.8) is 0 Å². The molecule has 0 aliphatic heterocycles. The second-order valence-corrected chi connectivity index (χ2v) is 4.03. The quantitative estimate of drug-likeness (QED) is 0.409. The molecule has 11 heteroatoms. The van der Waals surface area contributed by atoms with Crippen LogP contribution in [0.15, 0.2) is 12.1 Å². The van der Waals surface area contributed by atoms with Gasteiger partial charge in [-0.15, -0.1) is 0 Å². The Hall–Kier alpha value is -2.82. The van der Waals surface area contributed by atoms with Crippen molar-refractivity contribution in [2.75, 3.05) is 0 Å². The lowest BCUT2D eigenvalue weighted by Crippen LogP contribution is -2.44. The highest BCUT2D eigenvalue weighted by atomic mass is 32.1. The Labute approximate surface area is 117 Å². The molecule has 10 nitrogen and oxygen atoms in total. The van der Waals surface area contributed by atoms with Crippen molar-refractivity contribution in [1.82, 2.24) is 10.9 Å². The molecule has 4 N–H and O–H groups in total. The third kappa shape index (κ3) is 3.35. The number of nitrogens with zero attached hydrogens (tertiary/aromatic N) is 2. The molecule has 20 heavy (non-hydrogen) atoms. The fourth-order valence-electron chi connectivity index (χ4n) is 1.40. The highest BCUT2D eigenvalue weighted by Gasteiger charge is 2.24. The van der Waals surface area contributed by atoms with Crippen LogP contribution in [0.1, 0.15) is 15.9 Å². The first-order valence-corrected chi connectivity index (χ1v) is 5.44. The second kappa shape index (κ2) is 5.88. The van der Waals surface area contributed by atoms with E-state index in [9.17, 15) is 25.0 Å². The van der Waals surface area contributed by atoms with Crippen LogP contribution in [0.5, 0.6) is 0 Å². The lowest BCUT2D eigenvalue weighted by atomic mass is 10.1. The molecule has 0 aliphatic rings. The summed E-state index contributed by atoms with van der Waals surface area (Å²) in [5.74, 6) is -0.831. The number of amides is 1. The molecular weight excluding hydrogens is 290 g/mol. The molecule has 0 heterocycles. The van der Waals surface area contributed by atoms with Gasteiger partial charge in [0.05, 0.1) is 21.5 Å². The van der Waals surface area contributed by atoms with E-state index in [4.69, 9.17) is 5.73 Å². The molecule has 1 rings (SSSR count). The van der Waals surface area contributed by atoms with Crippen molar-refractivity contribution in [3.05, 3.63) is 43.5 Å². The molecule has 0 saturated heterocycles. The summed E-state index contributed by atoms with van der Waals surface area (Å²) >= 11 is 4.47. The predicted molar refractivity (Wildman–Crippen MR) is 71.9 cm³/mol. The molecule has 0 fully saturated rings. The van der Waals surface area contributed by atoms with Crippen molar-refractivity contribution in [2.24, 2.45) is 5.73 Å². The van der Waals surface area contributed by atoms with Gasteiger partial charge in [-0.3, -0.25) is 35.9 Å². The lowest BCUT2D eigenvalue weighted by Gasteiger charge is -2.08. The van der Waals surface area contributed by atoms with E-state index in [1.807, 2.05) is 0 Å². The van der Waals surface area contributed by atoms with Gasteiger partial charge in [0.25, 0.3) is 17.3 Å². The molecule has 0 aromatic heterocycles. The van der Waals surface area contributed by atoms with E-state index in [2.05, 4.69) is 23.1 Å². The van der Waals surface area contributed by atoms with E-state index >= 15 is 0 Å². The number of nitrogens with one attached hydrogen (secondary N) is 2. The van der Waals surface area contributed by atoms with Crippen molar-refractivity contribution in [1.29, 1.82) is 0 Å². The largest absolute Gasteiger partial charge is 0.375 e. The predicted octanol–water partition coefficient (Wildman–Crippen LogP) is 0.289. The zero-order chi connectivity index (χ0) is 15.4. The van der Waals surface area contributed by atoms with Crippen LogP contribution in [0.25, 0.3) is 0 Å². The number of hydrogen-bond donors (Lipinski definition) is 3. The first kappa shape index (κ1) is 15.2. The number of carbonyl (C=O) groups is 1. The van der Waals surface area contributed by atoms with Gasteiger partial charge >= 0.3 is 0 Å². The van der Waals surface area contributed by atoms with Crippen LogP contribution in [0.4, 0.5) is 11.4 Å². The van der Waals surface area contributed by atoms with Gasteiger partial charge in [-0.2, -0.15) is 0 Å². The SMILES string of the molecule is Cc1c(C(=O)NNC(N)=S)cc([N+](=O)[O-])cc1[N+](=O)[O-]. The van der Waals surface area contributed by atoms with Gasteiger partial charge < -0.3 is 5.73 Å². The van der Waals surface area contributed by atoms with Crippen LogP contribution in [0.2, 0.25) is 0 Å². The van der Waals surface area contributed by atoms with Crippen molar-refractivity contribution in [2.45, 2.75) is 6.92 Å². The van der Waals surface area contributed by atoms with Crippen LogP contribution in [0.3, 0.4) is 0 Å². The number of nitro benzene ring substituents is 2. The zero-order valence-corrected chi connectivity index (χ0v) is 10.9. The van der Waals surface area contributed by atoms with Gasteiger partial charge in [0.15, 0.2) is 5.11 Å². The van der Waals surface area contributed by atoms with E-state index < -0.39 is 27.1 Å². The first-order chi connectivity index (χ1) is 9.23. The minimum absolute atomic E-state index is 0.0113. The summed E-state index contributed by atoms with van der Waals surface area (Å²) in [5.41, 5.74) is 7.98. The summed E-state index contributed by atoms with van der Waals surface area (Å²) in [6.07, 6.45) is 0. The van der Waals surface area contributed by atoms with Crippen LogP contribution < -0.4 is 16.6 Å². The third-order valence-electron chi connectivity index (χ3n) is 2.32. The lowest BCUT2D eigenvalue weighted by molar-refractivity contribution is -0.394. The average molecular weight is 299 g/mol. The van der Waals surface area contributed by atoms with Gasteiger partial charge in [0.2, 0.25) is 0 Å². The van der Waals surface area contributed by atoms with E-state index in [1.54, 1.807) is 0 Å². The highest BCUT2D eigenvalue weighted by Crippen LogP contribution is 2.27. The summed E-state index contributed by atoms with van der Waals surface area (Å²) in [4.78, 5) is 31.7. The number of hydrazine groups is 1. The van der Waals surface area contributed by atoms with E-state index in [1.165, 1.54) is 6.92 Å². The number of rotatable bonds is 3. The Balaban J connectivity index is 3.30. The Kier molecular flexibility index (Phi) is 4.48. The summed E-state index contributed by atoms with van der Waals surface area (Å²) in [6.45, 7) is 1.30. The van der Waals surface area contributed by atoms with Gasteiger partial charge in [0.1, 0.15) is 0 Å². The normalized spacial score (nSPS) is 9.65. The first-order valence-electron chi connectivity index (χ1n) is 5.03. The molecule has 0 unspecified atom stereocenters. The summed E-state index contributed by atoms with van der Waals surface area (Å²) in [6, 6.07) is 1.71. The van der Waals surface area contributed by atoms with Gasteiger partial charge in [-0.25, -0.2) is 0 Å². The van der Waals surface area contributed by atoms with E-state index in [0.717, 1.165) is 12.1 Å². The molecule has 1 aromatic carbocycles. The molecule has 1 aromatic rings. The van der Waals surface area contributed by atoms with Crippen molar-refractivity contribution < 1.29 is 14.6 Å². The van der Waals surface area contributed by atoms with Gasteiger partial charge in [-0.1, -0.05) is 0 Å². The average Bonchev–Trinajstić information content (AvgIpc) is 2.35. The number of carbonyl (C=O) groups excluding carboxylic acids is 1. The zero-order valence-electron chi connectivity index (χ0n) is 10.1. The maximum atomic E-state index is 11.8. The Bertz CT molecular complexity index is 617. The topological polar surface area (TPSA) is 153 Å². The maximum absolute atomic E-state index is 11.8. The van der Waals surface area contributed by atoms with Gasteiger partial charge in [-0.05, 0) is 19.1 Å². The summed E-state index contributed by atoms with van der Waals surface area (Å²) in [7, 11) is 0. The monoisotopic (exact) mass is 299 g/mol. The maximum Gasteiger partial charge on any atom is 0.279 e. The molecule has 0 atom stereocenters. The van der Waals surface area contributed by atoms with Crippen LogP contribution in [0, 0.1) is 27.2 Å². The van der Waals surface area contributed by atoms with Crippen LogP contribution in [-0.2, 0) is 0 Å². The number of non-ortho nitro benzene ring substituents is 1. The third-order valence-corrected chi connectivity index (χ3v) is 2.42. The summed E-state index contributed by atoms with van der Waals surface area (Å²) in [5, 5.41) is 21.3. The molecular formula is C9H9N5O5S. The van der Waals surface area contributed by atoms with Gasteiger partial charge in [0, 0.05) is 11.6 Å². The van der Waals surface area contributed by atoms with E-state index in [0.29, 0.717) is 0 Å². The fraction of sp³-hybridized carbons (Fsp3) is 0.111. The molecule has 0 spiro atoms. The van der Waals surface area contributed by atoms with Crippen molar-refractivity contribution >= 4 is 34.6 Å². The molecule has 0 bridgehead atoms. The van der Waals surface area contributed by atoms with Crippen LogP contribution in [-0.4, -0.2) is 20.9 Å². The summed E-state index contributed by atoms with van der Waals surface area (Å²) < 4.78 is 0. The number of thiocarbonyl (C=S) groups is 1. The number of nitro groups is 2. The van der Waals surface area contributed by atoms with Crippen LogP contribution >= 0.6 is 12.2 Å². The van der Waals surface area contributed by atoms with Crippen molar-refractivity contribution in [3.8, 4) is 0 Å². The minimum atomic E-state index is -0.831.